The molecule has 0 heterocycles. The van der Waals surface area contributed by atoms with Gasteiger partial charge in [-0.05, 0) is 57.6 Å². The van der Waals surface area contributed by atoms with E-state index in [0.717, 1.165) is 24.9 Å². The number of rotatable bonds is 5. The topological polar surface area (TPSA) is 87.5 Å². The average molecular weight is 304 g/mol. The van der Waals surface area contributed by atoms with E-state index in [1.54, 1.807) is 29.2 Å². The highest BCUT2D eigenvalue weighted by atomic mass is 16.2. The van der Waals surface area contributed by atoms with Crippen molar-refractivity contribution >= 4 is 23.2 Å². The van der Waals surface area contributed by atoms with Crippen LogP contribution < -0.4 is 16.4 Å². The lowest BCUT2D eigenvalue weighted by Gasteiger charge is -2.12. The van der Waals surface area contributed by atoms with E-state index in [9.17, 15) is 9.59 Å². The standard InChI is InChI=1S/C16H24N4O2/c1-20(2)10-15(21)18-13-5-7-14(8-6-13)19-16(22)11-3-4-12(17)9-11/h5-8,11-12H,3-4,9-10,17H2,1-2H3,(H,18,21)(H,19,22). The highest BCUT2D eigenvalue weighted by molar-refractivity contribution is 5.94. The smallest absolute Gasteiger partial charge is 0.238 e. The summed E-state index contributed by atoms with van der Waals surface area (Å²) < 4.78 is 0. The van der Waals surface area contributed by atoms with Gasteiger partial charge in [-0.3, -0.25) is 9.59 Å². The first kappa shape index (κ1) is 16.5. The van der Waals surface area contributed by atoms with E-state index in [4.69, 9.17) is 5.73 Å². The Bertz CT molecular complexity index is 527. The summed E-state index contributed by atoms with van der Waals surface area (Å²) in [5.41, 5.74) is 7.28. The number of likely N-dealkylation sites (N-methyl/N-ethyl adjacent to an activating group) is 1. The summed E-state index contributed by atoms with van der Waals surface area (Å²) in [6, 6.07) is 7.29. The number of anilines is 2. The van der Waals surface area contributed by atoms with Crippen molar-refractivity contribution in [2.45, 2.75) is 25.3 Å². The Kier molecular flexibility index (Phi) is 5.51. The fraction of sp³-hybridized carbons (Fsp3) is 0.500. The van der Waals surface area contributed by atoms with E-state index in [-0.39, 0.29) is 23.8 Å². The van der Waals surface area contributed by atoms with E-state index < -0.39 is 0 Å². The monoisotopic (exact) mass is 304 g/mol. The molecule has 0 aliphatic heterocycles. The second-order valence-electron chi connectivity index (χ2n) is 6.12. The lowest BCUT2D eigenvalue weighted by Crippen LogP contribution is -2.27. The number of amides is 2. The minimum Gasteiger partial charge on any atom is -0.328 e. The summed E-state index contributed by atoms with van der Waals surface area (Å²) in [4.78, 5) is 25.6. The van der Waals surface area contributed by atoms with Crippen LogP contribution in [-0.4, -0.2) is 43.4 Å². The van der Waals surface area contributed by atoms with Crippen molar-refractivity contribution in [1.82, 2.24) is 4.90 Å². The fourth-order valence-corrected chi connectivity index (χ4v) is 2.62. The summed E-state index contributed by atoms with van der Waals surface area (Å²) in [6.45, 7) is 0.334. The lowest BCUT2D eigenvalue weighted by molar-refractivity contribution is -0.119. The molecule has 1 aromatic carbocycles. The second-order valence-corrected chi connectivity index (χ2v) is 6.12. The Labute approximate surface area is 131 Å². The van der Waals surface area contributed by atoms with Crippen molar-refractivity contribution in [1.29, 1.82) is 0 Å². The Balaban J connectivity index is 1.86. The van der Waals surface area contributed by atoms with Crippen molar-refractivity contribution in [2.24, 2.45) is 11.7 Å². The number of carbonyl (C=O) groups excluding carboxylic acids is 2. The van der Waals surface area contributed by atoms with E-state index in [1.807, 2.05) is 14.1 Å². The van der Waals surface area contributed by atoms with Gasteiger partial charge in [-0.15, -0.1) is 0 Å². The van der Waals surface area contributed by atoms with Crippen LogP contribution in [-0.2, 0) is 9.59 Å². The summed E-state index contributed by atoms with van der Waals surface area (Å²) in [5, 5.41) is 5.71. The molecule has 1 saturated carbocycles. The van der Waals surface area contributed by atoms with Gasteiger partial charge in [0.25, 0.3) is 0 Å². The zero-order valence-corrected chi connectivity index (χ0v) is 13.1. The number of nitrogens with zero attached hydrogens (tertiary/aromatic N) is 1. The van der Waals surface area contributed by atoms with Crippen LogP contribution in [0.5, 0.6) is 0 Å². The fourth-order valence-electron chi connectivity index (χ4n) is 2.62. The number of nitrogens with two attached hydrogens (primary N) is 1. The van der Waals surface area contributed by atoms with Gasteiger partial charge < -0.3 is 21.3 Å². The Morgan fingerprint density at radius 3 is 2.23 bits per heavy atom. The van der Waals surface area contributed by atoms with Crippen LogP contribution in [0.2, 0.25) is 0 Å². The zero-order chi connectivity index (χ0) is 16.1. The Hall–Kier alpha value is -1.92. The van der Waals surface area contributed by atoms with E-state index >= 15 is 0 Å². The van der Waals surface area contributed by atoms with Crippen molar-refractivity contribution in [3.63, 3.8) is 0 Å². The van der Waals surface area contributed by atoms with E-state index in [2.05, 4.69) is 10.6 Å². The first-order chi connectivity index (χ1) is 10.4. The Morgan fingerprint density at radius 1 is 1.14 bits per heavy atom. The molecule has 1 aliphatic carbocycles. The molecule has 0 saturated heterocycles. The van der Waals surface area contributed by atoms with Gasteiger partial charge in [0.1, 0.15) is 0 Å². The molecule has 0 radical (unpaired) electrons. The van der Waals surface area contributed by atoms with Crippen LogP contribution in [0.3, 0.4) is 0 Å². The molecule has 0 bridgehead atoms. The zero-order valence-electron chi connectivity index (χ0n) is 13.1. The third kappa shape index (κ3) is 4.82. The second kappa shape index (κ2) is 7.38. The van der Waals surface area contributed by atoms with Crippen molar-refractivity contribution < 1.29 is 9.59 Å². The molecule has 2 rings (SSSR count). The molecular formula is C16H24N4O2. The van der Waals surface area contributed by atoms with Gasteiger partial charge in [-0.2, -0.15) is 0 Å². The van der Waals surface area contributed by atoms with Gasteiger partial charge in [0.05, 0.1) is 6.54 Å². The largest absolute Gasteiger partial charge is 0.328 e. The molecule has 6 heteroatoms. The van der Waals surface area contributed by atoms with Crippen LogP contribution >= 0.6 is 0 Å². The molecule has 0 aromatic heterocycles. The molecule has 22 heavy (non-hydrogen) atoms. The minimum absolute atomic E-state index is 0.00877. The predicted octanol–water partition coefficient (Wildman–Crippen LogP) is 1.25. The summed E-state index contributed by atoms with van der Waals surface area (Å²) in [5.74, 6) is -0.0338. The van der Waals surface area contributed by atoms with Crippen molar-refractivity contribution in [3.05, 3.63) is 24.3 Å². The average Bonchev–Trinajstić information content (AvgIpc) is 2.87. The van der Waals surface area contributed by atoms with E-state index in [0.29, 0.717) is 12.2 Å². The highest BCUT2D eigenvalue weighted by Crippen LogP contribution is 2.25. The van der Waals surface area contributed by atoms with Gasteiger partial charge in [-0.25, -0.2) is 0 Å². The summed E-state index contributed by atoms with van der Waals surface area (Å²) in [7, 11) is 3.68. The predicted molar refractivity (Wildman–Crippen MR) is 87.6 cm³/mol. The van der Waals surface area contributed by atoms with Crippen LogP contribution in [0, 0.1) is 5.92 Å². The van der Waals surface area contributed by atoms with E-state index in [1.165, 1.54) is 0 Å². The maximum Gasteiger partial charge on any atom is 0.238 e. The van der Waals surface area contributed by atoms with Crippen LogP contribution in [0.1, 0.15) is 19.3 Å². The quantitative estimate of drug-likeness (QED) is 0.764. The summed E-state index contributed by atoms with van der Waals surface area (Å²) in [6.07, 6.45) is 2.52. The first-order valence-electron chi connectivity index (χ1n) is 7.55. The van der Waals surface area contributed by atoms with Gasteiger partial charge in [-0.1, -0.05) is 0 Å². The number of hydrogen-bond acceptors (Lipinski definition) is 4. The first-order valence-corrected chi connectivity index (χ1v) is 7.55. The van der Waals surface area contributed by atoms with Crippen LogP contribution in [0.4, 0.5) is 11.4 Å². The normalized spacial score (nSPS) is 20.9. The van der Waals surface area contributed by atoms with Gasteiger partial charge in [0.2, 0.25) is 11.8 Å². The third-order valence-corrected chi connectivity index (χ3v) is 3.74. The minimum atomic E-state index is -0.0678. The van der Waals surface area contributed by atoms with Crippen LogP contribution in [0.15, 0.2) is 24.3 Å². The molecule has 2 atom stereocenters. The molecule has 1 aliphatic rings. The van der Waals surface area contributed by atoms with Crippen molar-refractivity contribution in [2.75, 3.05) is 31.3 Å². The molecule has 2 amide bonds. The maximum absolute atomic E-state index is 12.1. The molecule has 1 fully saturated rings. The molecule has 1 aromatic rings. The van der Waals surface area contributed by atoms with Gasteiger partial charge in [0, 0.05) is 23.3 Å². The maximum atomic E-state index is 12.1. The lowest BCUT2D eigenvalue weighted by atomic mass is 10.1. The third-order valence-electron chi connectivity index (χ3n) is 3.74. The number of benzene rings is 1. The van der Waals surface area contributed by atoms with Gasteiger partial charge in [0.15, 0.2) is 0 Å². The van der Waals surface area contributed by atoms with Crippen molar-refractivity contribution in [3.8, 4) is 0 Å². The molecule has 120 valence electrons. The molecular weight excluding hydrogens is 280 g/mol. The highest BCUT2D eigenvalue weighted by Gasteiger charge is 2.27. The van der Waals surface area contributed by atoms with Gasteiger partial charge >= 0.3 is 0 Å². The summed E-state index contributed by atoms with van der Waals surface area (Å²) >= 11 is 0. The van der Waals surface area contributed by atoms with Crippen LogP contribution in [0.25, 0.3) is 0 Å². The number of nitrogens with one attached hydrogen (secondary N) is 2. The molecule has 6 nitrogen and oxygen atoms in total. The molecule has 0 spiro atoms. The molecule has 2 unspecified atom stereocenters. The number of hydrogen-bond donors (Lipinski definition) is 3. The number of carbonyl (C=O) groups is 2. The molecule has 4 N–H and O–H groups in total. The SMILES string of the molecule is CN(C)CC(=O)Nc1ccc(NC(=O)C2CCC(N)C2)cc1. The Morgan fingerprint density at radius 2 is 1.73 bits per heavy atom.